The lowest BCUT2D eigenvalue weighted by atomic mass is 9.99. The minimum absolute atomic E-state index is 0.339. The Morgan fingerprint density at radius 1 is 1.05 bits per heavy atom. The monoisotopic (exact) mass is 306 g/mol. The van der Waals surface area contributed by atoms with Gasteiger partial charge in [0.1, 0.15) is 5.92 Å². The van der Waals surface area contributed by atoms with Crippen LogP contribution in [0, 0.1) is 5.92 Å². The molecule has 0 aromatic rings. The molecule has 0 N–H and O–H groups in total. The highest BCUT2D eigenvalue weighted by molar-refractivity contribution is 5.97. The summed E-state index contributed by atoms with van der Waals surface area (Å²) in [6.45, 7) is 6.73. The number of esters is 2. The van der Waals surface area contributed by atoms with E-state index in [2.05, 4.69) is 0 Å². The standard InChI is InChI=1S/C18H26O4/c1-4-6-12-21-17(19)15-10-8-14(3)9-11-16(15)18(20)22-13-7-5-2/h8-11,15H,4-7,12-13H2,1-3H3. The van der Waals surface area contributed by atoms with Gasteiger partial charge in [0.05, 0.1) is 18.8 Å². The highest BCUT2D eigenvalue weighted by atomic mass is 16.5. The van der Waals surface area contributed by atoms with Crippen molar-refractivity contribution in [2.24, 2.45) is 5.92 Å². The van der Waals surface area contributed by atoms with Crippen LogP contribution in [0.4, 0.5) is 0 Å². The molecule has 22 heavy (non-hydrogen) atoms. The third-order valence-electron chi connectivity index (χ3n) is 3.38. The van der Waals surface area contributed by atoms with Gasteiger partial charge in [-0.3, -0.25) is 4.79 Å². The average Bonchev–Trinajstić information content (AvgIpc) is 2.69. The van der Waals surface area contributed by atoms with Crippen LogP contribution in [-0.4, -0.2) is 25.2 Å². The van der Waals surface area contributed by atoms with Gasteiger partial charge in [0, 0.05) is 0 Å². The number of unbranched alkanes of at least 4 members (excludes halogenated alkanes) is 2. The van der Waals surface area contributed by atoms with Gasteiger partial charge in [0.15, 0.2) is 0 Å². The van der Waals surface area contributed by atoms with Crippen LogP contribution in [0.1, 0.15) is 46.5 Å². The van der Waals surface area contributed by atoms with Crippen LogP contribution in [0.2, 0.25) is 0 Å². The predicted octanol–water partition coefficient (Wildman–Crippen LogP) is 3.73. The summed E-state index contributed by atoms with van der Waals surface area (Å²) in [7, 11) is 0. The lowest BCUT2D eigenvalue weighted by molar-refractivity contribution is -0.149. The Morgan fingerprint density at radius 3 is 2.32 bits per heavy atom. The molecule has 4 heteroatoms. The number of hydrogen-bond donors (Lipinski definition) is 0. The Bertz CT molecular complexity index is 471. The van der Waals surface area contributed by atoms with E-state index in [0.29, 0.717) is 18.8 Å². The lowest BCUT2D eigenvalue weighted by Crippen LogP contribution is -2.24. The second-order valence-electron chi connectivity index (χ2n) is 5.38. The fourth-order valence-electron chi connectivity index (χ4n) is 1.93. The molecule has 0 radical (unpaired) electrons. The molecule has 0 bridgehead atoms. The molecule has 0 saturated heterocycles. The van der Waals surface area contributed by atoms with Crippen LogP contribution in [0.3, 0.4) is 0 Å². The first kappa shape index (κ1) is 18.2. The van der Waals surface area contributed by atoms with E-state index in [4.69, 9.17) is 9.47 Å². The van der Waals surface area contributed by atoms with Gasteiger partial charge < -0.3 is 9.47 Å². The molecular formula is C18H26O4. The minimum Gasteiger partial charge on any atom is -0.465 e. The van der Waals surface area contributed by atoms with Gasteiger partial charge in [-0.1, -0.05) is 56.6 Å². The van der Waals surface area contributed by atoms with Crippen LogP contribution in [0.25, 0.3) is 0 Å². The Kier molecular flexibility index (Phi) is 8.26. The van der Waals surface area contributed by atoms with E-state index >= 15 is 0 Å². The van der Waals surface area contributed by atoms with E-state index in [-0.39, 0.29) is 0 Å². The maximum Gasteiger partial charge on any atom is 0.335 e. The fourth-order valence-corrected chi connectivity index (χ4v) is 1.93. The van der Waals surface area contributed by atoms with E-state index in [1.165, 1.54) is 0 Å². The highest BCUT2D eigenvalue weighted by Gasteiger charge is 2.28. The van der Waals surface area contributed by atoms with Crippen molar-refractivity contribution in [1.82, 2.24) is 0 Å². The number of carbonyl (C=O) groups is 2. The molecule has 4 nitrogen and oxygen atoms in total. The quantitative estimate of drug-likeness (QED) is 0.506. The Morgan fingerprint density at radius 2 is 1.68 bits per heavy atom. The molecule has 0 spiro atoms. The van der Waals surface area contributed by atoms with Crippen LogP contribution in [-0.2, 0) is 19.1 Å². The molecule has 0 aromatic heterocycles. The summed E-state index contributed by atoms with van der Waals surface area (Å²) in [5, 5.41) is 0. The summed E-state index contributed by atoms with van der Waals surface area (Å²) < 4.78 is 10.5. The Balaban J connectivity index is 2.80. The zero-order valence-corrected chi connectivity index (χ0v) is 13.8. The van der Waals surface area contributed by atoms with Crippen LogP contribution >= 0.6 is 0 Å². The summed E-state index contributed by atoms with van der Waals surface area (Å²) in [6.07, 6.45) is 10.6. The molecule has 1 unspecified atom stereocenters. The van der Waals surface area contributed by atoms with Crippen LogP contribution < -0.4 is 0 Å². The SMILES string of the molecule is CCCCOC(=O)C1=CC=C(C)C=CC1C(=O)OCCCC. The smallest absolute Gasteiger partial charge is 0.335 e. The first-order chi connectivity index (χ1) is 10.6. The molecule has 0 fully saturated rings. The zero-order valence-electron chi connectivity index (χ0n) is 13.8. The molecule has 1 aliphatic carbocycles. The van der Waals surface area contributed by atoms with E-state index in [1.54, 1.807) is 12.2 Å². The van der Waals surface area contributed by atoms with E-state index in [0.717, 1.165) is 31.3 Å². The predicted molar refractivity (Wildman–Crippen MR) is 86.2 cm³/mol. The van der Waals surface area contributed by atoms with Crippen molar-refractivity contribution < 1.29 is 19.1 Å². The zero-order chi connectivity index (χ0) is 16.4. The summed E-state index contributed by atoms with van der Waals surface area (Å²) in [4.78, 5) is 24.4. The van der Waals surface area contributed by atoms with Gasteiger partial charge >= 0.3 is 11.9 Å². The molecular weight excluding hydrogens is 280 g/mol. The van der Waals surface area contributed by atoms with Gasteiger partial charge in [0.2, 0.25) is 0 Å². The molecule has 1 aliphatic rings. The van der Waals surface area contributed by atoms with Crippen molar-refractivity contribution in [1.29, 1.82) is 0 Å². The minimum atomic E-state index is -0.695. The lowest BCUT2D eigenvalue weighted by Gasteiger charge is -2.15. The summed E-state index contributed by atoms with van der Waals surface area (Å²) in [6, 6.07) is 0. The third kappa shape index (κ3) is 5.88. The number of allylic oxidation sites excluding steroid dienone is 4. The fraction of sp³-hybridized carbons (Fsp3) is 0.556. The third-order valence-corrected chi connectivity index (χ3v) is 3.38. The van der Waals surface area contributed by atoms with Crippen molar-refractivity contribution in [3.63, 3.8) is 0 Å². The van der Waals surface area contributed by atoms with Crippen molar-refractivity contribution >= 4 is 11.9 Å². The maximum absolute atomic E-state index is 12.2. The van der Waals surface area contributed by atoms with Crippen LogP contribution in [0.15, 0.2) is 35.5 Å². The maximum atomic E-state index is 12.2. The number of hydrogen-bond acceptors (Lipinski definition) is 4. The van der Waals surface area contributed by atoms with E-state index < -0.39 is 17.9 Å². The van der Waals surface area contributed by atoms with Gasteiger partial charge in [-0.25, -0.2) is 4.79 Å². The normalized spacial score (nSPS) is 17.3. The second kappa shape index (κ2) is 9.98. The molecule has 0 aromatic carbocycles. The van der Waals surface area contributed by atoms with Gasteiger partial charge in [-0.05, 0) is 19.8 Å². The van der Waals surface area contributed by atoms with Crippen molar-refractivity contribution in [3.05, 3.63) is 35.5 Å². The largest absolute Gasteiger partial charge is 0.465 e. The molecule has 1 atom stereocenters. The Labute approximate surface area is 132 Å². The first-order valence-electron chi connectivity index (χ1n) is 8.00. The topological polar surface area (TPSA) is 52.6 Å². The molecule has 0 heterocycles. The number of ether oxygens (including phenoxy) is 2. The van der Waals surface area contributed by atoms with E-state index in [9.17, 15) is 9.59 Å². The van der Waals surface area contributed by atoms with Gasteiger partial charge in [-0.15, -0.1) is 0 Å². The molecule has 0 amide bonds. The van der Waals surface area contributed by atoms with Crippen molar-refractivity contribution in [3.8, 4) is 0 Å². The Hall–Kier alpha value is -1.84. The van der Waals surface area contributed by atoms with Gasteiger partial charge in [0.25, 0.3) is 0 Å². The van der Waals surface area contributed by atoms with Crippen LogP contribution in [0.5, 0.6) is 0 Å². The molecule has 0 aliphatic heterocycles. The summed E-state index contributed by atoms with van der Waals surface area (Å²) >= 11 is 0. The molecule has 0 saturated carbocycles. The summed E-state index contributed by atoms with van der Waals surface area (Å²) in [5.74, 6) is -1.53. The van der Waals surface area contributed by atoms with Gasteiger partial charge in [-0.2, -0.15) is 0 Å². The van der Waals surface area contributed by atoms with E-state index in [1.807, 2.05) is 32.9 Å². The molecule has 1 rings (SSSR count). The molecule has 122 valence electrons. The second-order valence-corrected chi connectivity index (χ2v) is 5.38. The summed E-state index contributed by atoms with van der Waals surface area (Å²) in [5.41, 5.74) is 1.31. The average molecular weight is 306 g/mol. The van der Waals surface area contributed by atoms with Crippen molar-refractivity contribution in [2.45, 2.75) is 46.5 Å². The first-order valence-corrected chi connectivity index (χ1v) is 8.00. The number of rotatable bonds is 8. The van der Waals surface area contributed by atoms with Crippen molar-refractivity contribution in [2.75, 3.05) is 13.2 Å². The number of carbonyl (C=O) groups excluding carboxylic acids is 2. The highest BCUT2D eigenvalue weighted by Crippen LogP contribution is 2.21.